The van der Waals surface area contributed by atoms with E-state index in [4.69, 9.17) is 0 Å². The third kappa shape index (κ3) is 3.56. The monoisotopic (exact) mass is 305 g/mol. The van der Waals surface area contributed by atoms with Crippen LogP contribution in [0, 0.1) is 19.3 Å². The van der Waals surface area contributed by atoms with Crippen molar-refractivity contribution in [3.05, 3.63) is 84.1 Å². The molecule has 120 valence electrons. The van der Waals surface area contributed by atoms with E-state index in [1.807, 2.05) is 0 Å². The molecular weight excluding hydrogens is 278 g/mol. The molecule has 0 bridgehead atoms. The Hall–Kier alpha value is -2.28. The maximum atomic E-state index is 4.40. The fourth-order valence-electron chi connectivity index (χ4n) is 2.62. The number of allylic oxidation sites excluding steroid dienone is 1. The number of aryl methyl sites for hydroxylation is 2. The van der Waals surface area contributed by atoms with E-state index in [1.165, 1.54) is 11.1 Å². The number of nitrogens with zero attached hydrogens (tertiary/aromatic N) is 1. The number of benzene rings is 2. The normalized spacial score (nSPS) is 11.2. The van der Waals surface area contributed by atoms with Gasteiger partial charge in [-0.3, -0.25) is 0 Å². The van der Waals surface area contributed by atoms with Gasteiger partial charge in [-0.05, 0) is 31.0 Å². The van der Waals surface area contributed by atoms with Crippen molar-refractivity contribution in [1.29, 1.82) is 0 Å². The van der Waals surface area contributed by atoms with Crippen LogP contribution in [0.3, 0.4) is 0 Å². The molecule has 0 N–H and O–H groups in total. The highest BCUT2D eigenvalue weighted by molar-refractivity contribution is 5.84. The Morgan fingerprint density at radius 1 is 0.826 bits per heavy atom. The third-order valence-corrected chi connectivity index (χ3v) is 4.22. The lowest BCUT2D eigenvalue weighted by Crippen LogP contribution is -2.28. The Morgan fingerprint density at radius 3 is 1.87 bits per heavy atom. The Morgan fingerprint density at radius 2 is 1.35 bits per heavy atom. The van der Waals surface area contributed by atoms with Crippen molar-refractivity contribution in [3.63, 3.8) is 0 Å². The average molecular weight is 305 g/mol. The zero-order chi connectivity index (χ0) is 17.2. The zero-order valence-corrected chi connectivity index (χ0v) is 15.0. The lowest BCUT2D eigenvalue weighted by atomic mass is 9.90. The van der Waals surface area contributed by atoms with Crippen molar-refractivity contribution in [3.8, 4) is 0 Å². The number of hydrogen-bond acceptors (Lipinski definition) is 1. The summed E-state index contributed by atoms with van der Waals surface area (Å²) in [5.41, 5.74) is 6.69. The van der Waals surface area contributed by atoms with Gasteiger partial charge in [0.05, 0.1) is 0 Å². The molecule has 0 saturated heterocycles. The van der Waals surface area contributed by atoms with Gasteiger partial charge in [0.15, 0.2) is 0 Å². The molecule has 0 atom stereocenters. The minimum atomic E-state index is -0.0477. The average Bonchev–Trinajstić information content (AvgIpc) is 2.48. The van der Waals surface area contributed by atoms with E-state index in [9.17, 15) is 0 Å². The van der Waals surface area contributed by atoms with Crippen LogP contribution >= 0.6 is 0 Å². The highest BCUT2D eigenvalue weighted by Crippen LogP contribution is 2.38. The molecule has 0 amide bonds. The van der Waals surface area contributed by atoms with Crippen molar-refractivity contribution < 1.29 is 0 Å². The molecule has 0 aliphatic heterocycles. The van der Waals surface area contributed by atoms with Gasteiger partial charge in [0, 0.05) is 28.1 Å². The molecule has 2 aromatic rings. The van der Waals surface area contributed by atoms with Crippen LogP contribution in [0.4, 0.5) is 5.69 Å². The molecule has 0 saturated carbocycles. The highest BCUT2D eigenvalue weighted by Gasteiger charge is 2.26. The summed E-state index contributed by atoms with van der Waals surface area (Å²) in [5, 5.41) is 0. The molecule has 0 radical (unpaired) electrons. The molecule has 1 heteroatoms. The second-order valence-corrected chi connectivity index (χ2v) is 7.08. The molecule has 2 aromatic carbocycles. The number of para-hydroxylation sites is 1. The van der Waals surface area contributed by atoms with Crippen molar-refractivity contribution in [2.45, 2.75) is 34.6 Å². The van der Waals surface area contributed by atoms with Gasteiger partial charge in [0.1, 0.15) is 0 Å². The Labute approximate surface area is 141 Å². The second-order valence-electron chi connectivity index (χ2n) is 7.08. The van der Waals surface area contributed by atoms with Crippen LogP contribution in [0.2, 0.25) is 0 Å². The predicted molar refractivity (Wildman–Crippen MR) is 102 cm³/mol. The number of anilines is 1. The summed E-state index contributed by atoms with van der Waals surface area (Å²) in [5.74, 6) is 0. The van der Waals surface area contributed by atoms with Crippen molar-refractivity contribution in [1.82, 2.24) is 0 Å². The fourth-order valence-corrected chi connectivity index (χ4v) is 2.62. The molecule has 0 heterocycles. The van der Waals surface area contributed by atoms with Gasteiger partial charge in [-0.2, -0.15) is 0 Å². The molecule has 0 spiro atoms. The predicted octanol–water partition coefficient (Wildman–Crippen LogP) is 6.34. The molecule has 0 unspecified atom stereocenters. The van der Waals surface area contributed by atoms with E-state index >= 15 is 0 Å². The highest BCUT2D eigenvalue weighted by atomic mass is 15.2. The van der Waals surface area contributed by atoms with Gasteiger partial charge in [0.2, 0.25) is 0 Å². The maximum Gasteiger partial charge on any atom is 0.0487 e. The Kier molecular flexibility index (Phi) is 4.79. The van der Waals surface area contributed by atoms with Crippen LogP contribution in [0.25, 0.3) is 5.70 Å². The lowest BCUT2D eigenvalue weighted by Gasteiger charge is -2.37. The molecule has 0 fully saturated rings. The number of hydrogen-bond donors (Lipinski definition) is 0. The SMILES string of the molecule is C=C(c1ccccc1C)N(C(=C)C(C)(C)C)c1ccccc1C. The molecular formula is C22H27N. The Bertz CT molecular complexity index is 732. The van der Waals surface area contributed by atoms with Crippen molar-refractivity contribution in [2.75, 3.05) is 4.90 Å². The fraction of sp³-hybridized carbons (Fsp3) is 0.273. The minimum absolute atomic E-state index is 0.0477. The summed E-state index contributed by atoms with van der Waals surface area (Å²) in [7, 11) is 0. The van der Waals surface area contributed by atoms with E-state index < -0.39 is 0 Å². The third-order valence-electron chi connectivity index (χ3n) is 4.22. The van der Waals surface area contributed by atoms with Crippen LogP contribution in [0.5, 0.6) is 0 Å². The van der Waals surface area contributed by atoms with Gasteiger partial charge in [-0.15, -0.1) is 0 Å². The molecule has 23 heavy (non-hydrogen) atoms. The Balaban J connectivity index is 2.60. The summed E-state index contributed by atoms with van der Waals surface area (Å²) in [6, 6.07) is 16.8. The molecule has 2 rings (SSSR count). The topological polar surface area (TPSA) is 3.24 Å². The number of rotatable bonds is 4. The van der Waals surface area contributed by atoms with Crippen LogP contribution in [0.15, 0.2) is 67.4 Å². The van der Waals surface area contributed by atoms with Crippen LogP contribution in [0.1, 0.15) is 37.5 Å². The summed E-state index contributed by atoms with van der Waals surface area (Å²) in [6.45, 7) is 19.6. The maximum absolute atomic E-state index is 4.40. The largest absolute Gasteiger partial charge is 0.314 e. The van der Waals surface area contributed by atoms with Gasteiger partial charge in [-0.25, -0.2) is 0 Å². The standard InChI is InChI=1S/C22H27N/c1-16-12-8-10-14-20(16)18(3)23(19(4)22(5,6)7)21-15-11-9-13-17(21)2/h8-15H,3-4H2,1-2,5-7H3. The van der Waals surface area contributed by atoms with E-state index in [0.717, 1.165) is 22.6 Å². The van der Waals surface area contributed by atoms with E-state index in [2.05, 4.69) is 101 Å². The van der Waals surface area contributed by atoms with E-state index in [0.29, 0.717) is 0 Å². The van der Waals surface area contributed by atoms with Crippen molar-refractivity contribution in [2.24, 2.45) is 5.41 Å². The summed E-state index contributed by atoms with van der Waals surface area (Å²) < 4.78 is 0. The molecule has 0 aromatic heterocycles. The van der Waals surface area contributed by atoms with E-state index in [1.54, 1.807) is 0 Å². The van der Waals surface area contributed by atoms with Gasteiger partial charge in [0.25, 0.3) is 0 Å². The first-order valence-electron chi connectivity index (χ1n) is 8.03. The first-order valence-corrected chi connectivity index (χ1v) is 8.03. The first-order chi connectivity index (χ1) is 10.7. The first kappa shape index (κ1) is 17.1. The minimum Gasteiger partial charge on any atom is -0.314 e. The van der Waals surface area contributed by atoms with Gasteiger partial charge in [-0.1, -0.05) is 76.4 Å². The zero-order valence-electron chi connectivity index (χ0n) is 15.0. The quantitative estimate of drug-likeness (QED) is 0.637. The van der Waals surface area contributed by atoms with E-state index in [-0.39, 0.29) is 5.41 Å². The van der Waals surface area contributed by atoms with Gasteiger partial charge < -0.3 is 4.90 Å². The smallest absolute Gasteiger partial charge is 0.0487 e. The lowest BCUT2D eigenvalue weighted by molar-refractivity contribution is 0.497. The van der Waals surface area contributed by atoms with Crippen LogP contribution < -0.4 is 4.90 Å². The van der Waals surface area contributed by atoms with Gasteiger partial charge >= 0.3 is 0 Å². The molecule has 0 aliphatic carbocycles. The van der Waals surface area contributed by atoms with Crippen LogP contribution in [-0.4, -0.2) is 0 Å². The molecule has 1 nitrogen and oxygen atoms in total. The second kappa shape index (κ2) is 6.45. The summed E-state index contributed by atoms with van der Waals surface area (Å²) in [4.78, 5) is 2.21. The van der Waals surface area contributed by atoms with Crippen LogP contribution in [-0.2, 0) is 0 Å². The summed E-state index contributed by atoms with van der Waals surface area (Å²) >= 11 is 0. The molecule has 0 aliphatic rings. The summed E-state index contributed by atoms with van der Waals surface area (Å²) in [6.07, 6.45) is 0. The van der Waals surface area contributed by atoms with Crippen molar-refractivity contribution >= 4 is 11.4 Å².